The van der Waals surface area contributed by atoms with Crippen molar-refractivity contribution in [1.29, 1.82) is 0 Å². The Morgan fingerprint density at radius 3 is 2.50 bits per heavy atom. The molecule has 1 atom stereocenters. The first kappa shape index (κ1) is 20.7. The molecule has 4 rings (SSSR count). The Hall–Kier alpha value is -2.54. The van der Waals surface area contributed by atoms with Crippen molar-refractivity contribution < 1.29 is 17.9 Å². The number of hydrogen-bond acceptors (Lipinski definition) is 4. The SMILES string of the molecule is COc1ccc([C@H]2CCCCCN2C(=O)c2cccc(N3CCCS3(=O)=O)c2)cc1. The lowest BCUT2D eigenvalue weighted by atomic mass is 9.99. The minimum Gasteiger partial charge on any atom is -0.497 e. The number of likely N-dealkylation sites (tertiary alicyclic amines) is 1. The van der Waals surface area contributed by atoms with E-state index in [0.717, 1.165) is 37.0 Å². The number of rotatable bonds is 4. The summed E-state index contributed by atoms with van der Waals surface area (Å²) >= 11 is 0. The highest BCUT2D eigenvalue weighted by Crippen LogP contribution is 2.33. The Morgan fingerprint density at radius 1 is 1.00 bits per heavy atom. The molecular weight excluding hydrogens is 400 g/mol. The molecule has 2 aromatic carbocycles. The molecule has 1 amide bonds. The molecular formula is C23H28N2O4S. The van der Waals surface area contributed by atoms with Crippen molar-refractivity contribution in [3.8, 4) is 5.75 Å². The van der Waals surface area contributed by atoms with E-state index in [9.17, 15) is 13.2 Å². The van der Waals surface area contributed by atoms with Crippen molar-refractivity contribution in [3.63, 3.8) is 0 Å². The lowest BCUT2D eigenvalue weighted by Gasteiger charge is -2.31. The van der Waals surface area contributed by atoms with Gasteiger partial charge in [-0.15, -0.1) is 0 Å². The number of hydrogen-bond donors (Lipinski definition) is 0. The van der Waals surface area contributed by atoms with E-state index in [2.05, 4.69) is 0 Å². The molecule has 0 N–H and O–H groups in total. The monoisotopic (exact) mass is 428 g/mol. The number of ether oxygens (including phenoxy) is 1. The average Bonchev–Trinajstić information content (AvgIpc) is 2.97. The van der Waals surface area contributed by atoms with Crippen LogP contribution in [0.1, 0.15) is 54.1 Å². The Labute approximate surface area is 178 Å². The summed E-state index contributed by atoms with van der Waals surface area (Å²) < 4.78 is 31.3. The molecule has 0 aromatic heterocycles. The first-order valence-electron chi connectivity index (χ1n) is 10.5. The van der Waals surface area contributed by atoms with Crippen LogP contribution in [0.15, 0.2) is 48.5 Å². The smallest absolute Gasteiger partial charge is 0.254 e. The van der Waals surface area contributed by atoms with Crippen molar-refractivity contribution in [2.45, 2.75) is 38.1 Å². The highest BCUT2D eigenvalue weighted by Gasteiger charge is 2.31. The fourth-order valence-electron chi connectivity index (χ4n) is 4.41. The number of amides is 1. The first-order valence-corrected chi connectivity index (χ1v) is 12.2. The molecule has 6 nitrogen and oxygen atoms in total. The van der Waals surface area contributed by atoms with Crippen LogP contribution in [-0.4, -0.2) is 45.2 Å². The molecule has 30 heavy (non-hydrogen) atoms. The van der Waals surface area contributed by atoms with Crippen LogP contribution in [0.3, 0.4) is 0 Å². The predicted octanol–water partition coefficient (Wildman–Crippen LogP) is 3.99. The summed E-state index contributed by atoms with van der Waals surface area (Å²) in [5.41, 5.74) is 2.22. The quantitative estimate of drug-likeness (QED) is 0.738. The van der Waals surface area contributed by atoms with Gasteiger partial charge < -0.3 is 9.64 Å². The summed E-state index contributed by atoms with van der Waals surface area (Å²) in [6, 6.07) is 15.0. The van der Waals surface area contributed by atoms with Gasteiger partial charge in [-0.25, -0.2) is 8.42 Å². The second-order valence-corrected chi connectivity index (χ2v) is 9.94. The Kier molecular flexibility index (Phi) is 5.99. The fourth-order valence-corrected chi connectivity index (χ4v) is 5.97. The number of anilines is 1. The summed E-state index contributed by atoms with van der Waals surface area (Å²) in [5.74, 6) is 0.914. The van der Waals surface area contributed by atoms with Gasteiger partial charge in [-0.3, -0.25) is 9.10 Å². The van der Waals surface area contributed by atoms with E-state index >= 15 is 0 Å². The standard InChI is InChI=1S/C23H28N2O4S/c1-29-21-12-10-18(11-13-21)22-9-3-2-4-14-24(22)23(26)19-7-5-8-20(17-19)25-15-6-16-30(25,27)28/h5,7-8,10-13,17,22H,2-4,6,9,14-16H2,1H3/t22-/m1/s1. The third-order valence-corrected chi connectivity index (χ3v) is 7.86. The van der Waals surface area contributed by atoms with Crippen LogP contribution in [0.4, 0.5) is 5.69 Å². The first-order chi connectivity index (χ1) is 14.5. The van der Waals surface area contributed by atoms with Gasteiger partial charge in [0.05, 0.1) is 24.6 Å². The van der Waals surface area contributed by atoms with E-state index in [-0.39, 0.29) is 17.7 Å². The fraction of sp³-hybridized carbons (Fsp3) is 0.435. The van der Waals surface area contributed by atoms with Gasteiger partial charge in [0.25, 0.3) is 5.91 Å². The Bertz CT molecular complexity index is 1000. The van der Waals surface area contributed by atoms with Gasteiger partial charge in [0, 0.05) is 18.7 Å². The van der Waals surface area contributed by atoms with Crippen LogP contribution in [0, 0.1) is 0 Å². The lowest BCUT2D eigenvalue weighted by Crippen LogP contribution is -2.35. The molecule has 0 radical (unpaired) electrons. The van der Waals surface area contributed by atoms with Gasteiger partial charge in [-0.2, -0.15) is 0 Å². The number of benzene rings is 2. The summed E-state index contributed by atoms with van der Waals surface area (Å²) in [4.78, 5) is 15.5. The highest BCUT2D eigenvalue weighted by atomic mass is 32.2. The topological polar surface area (TPSA) is 66.9 Å². The van der Waals surface area contributed by atoms with Crippen LogP contribution in [0.2, 0.25) is 0 Å². The largest absolute Gasteiger partial charge is 0.497 e. The van der Waals surface area contributed by atoms with E-state index in [1.807, 2.05) is 29.2 Å². The zero-order valence-electron chi connectivity index (χ0n) is 17.3. The highest BCUT2D eigenvalue weighted by molar-refractivity contribution is 7.93. The van der Waals surface area contributed by atoms with Gasteiger partial charge in [-0.1, -0.05) is 31.0 Å². The summed E-state index contributed by atoms with van der Waals surface area (Å²) in [6.45, 7) is 1.17. The van der Waals surface area contributed by atoms with Gasteiger partial charge >= 0.3 is 0 Å². The zero-order chi connectivity index (χ0) is 21.1. The number of carbonyl (C=O) groups excluding carboxylic acids is 1. The molecule has 2 aliphatic rings. The second-order valence-electron chi connectivity index (χ2n) is 7.93. The van der Waals surface area contributed by atoms with E-state index in [4.69, 9.17) is 4.74 Å². The summed E-state index contributed by atoms with van der Waals surface area (Å²) in [6.07, 6.45) is 4.68. The van der Waals surface area contributed by atoms with E-state index in [1.54, 1.807) is 31.4 Å². The number of methoxy groups -OCH3 is 1. The van der Waals surface area contributed by atoms with Crippen LogP contribution < -0.4 is 9.04 Å². The van der Waals surface area contributed by atoms with Crippen LogP contribution >= 0.6 is 0 Å². The van der Waals surface area contributed by atoms with Crippen molar-refractivity contribution in [2.24, 2.45) is 0 Å². The summed E-state index contributed by atoms with van der Waals surface area (Å²) in [5, 5.41) is 0. The van der Waals surface area contributed by atoms with Crippen molar-refractivity contribution >= 4 is 21.6 Å². The minimum absolute atomic E-state index is 0.00471. The molecule has 2 saturated heterocycles. The molecule has 0 aliphatic carbocycles. The second kappa shape index (κ2) is 8.68. The van der Waals surface area contributed by atoms with Crippen LogP contribution in [0.25, 0.3) is 0 Å². The van der Waals surface area contributed by atoms with Gasteiger partial charge in [0.1, 0.15) is 5.75 Å². The Balaban J connectivity index is 1.63. The molecule has 0 saturated carbocycles. The van der Waals surface area contributed by atoms with Crippen molar-refractivity contribution in [3.05, 3.63) is 59.7 Å². The molecule has 0 bridgehead atoms. The molecule has 7 heteroatoms. The van der Waals surface area contributed by atoms with E-state index in [1.165, 1.54) is 4.31 Å². The molecule has 2 aromatic rings. The third-order valence-electron chi connectivity index (χ3n) is 5.99. The lowest BCUT2D eigenvalue weighted by molar-refractivity contribution is 0.0681. The predicted molar refractivity (Wildman–Crippen MR) is 117 cm³/mol. The van der Waals surface area contributed by atoms with Crippen molar-refractivity contribution in [2.75, 3.05) is 30.3 Å². The van der Waals surface area contributed by atoms with Crippen LogP contribution in [0.5, 0.6) is 5.75 Å². The number of carbonyl (C=O) groups is 1. The maximum absolute atomic E-state index is 13.5. The van der Waals surface area contributed by atoms with Crippen molar-refractivity contribution in [1.82, 2.24) is 4.90 Å². The van der Waals surface area contributed by atoms with Crippen LogP contribution in [-0.2, 0) is 10.0 Å². The molecule has 2 heterocycles. The number of sulfonamides is 1. The average molecular weight is 429 g/mol. The van der Waals surface area contributed by atoms with Gasteiger partial charge in [0.15, 0.2) is 0 Å². The van der Waals surface area contributed by atoms with E-state index in [0.29, 0.717) is 30.8 Å². The molecule has 160 valence electrons. The van der Waals surface area contributed by atoms with Gasteiger partial charge in [0.2, 0.25) is 10.0 Å². The maximum atomic E-state index is 13.5. The van der Waals surface area contributed by atoms with E-state index < -0.39 is 10.0 Å². The third kappa shape index (κ3) is 4.17. The zero-order valence-corrected chi connectivity index (χ0v) is 18.1. The minimum atomic E-state index is -3.28. The molecule has 0 spiro atoms. The molecule has 2 fully saturated rings. The van der Waals surface area contributed by atoms with Gasteiger partial charge in [-0.05, 0) is 55.2 Å². The summed E-state index contributed by atoms with van der Waals surface area (Å²) in [7, 11) is -1.63. The maximum Gasteiger partial charge on any atom is 0.254 e. The normalized spacial score (nSPS) is 21.3. The Morgan fingerprint density at radius 2 is 1.80 bits per heavy atom. The molecule has 2 aliphatic heterocycles. The molecule has 0 unspecified atom stereocenters. The number of nitrogens with zero attached hydrogens (tertiary/aromatic N) is 2.